The lowest BCUT2D eigenvalue weighted by Crippen LogP contribution is -2.24. The number of fused-ring (bicyclic) bond motifs is 1. The van der Waals surface area contributed by atoms with Crippen LogP contribution in [0, 0.1) is 0 Å². The molecule has 8 heteroatoms. The van der Waals surface area contributed by atoms with Gasteiger partial charge in [0.25, 0.3) is 0 Å². The maximum atomic E-state index is 12.0. The van der Waals surface area contributed by atoms with E-state index in [9.17, 15) is 4.79 Å². The number of methoxy groups -OCH3 is 1. The van der Waals surface area contributed by atoms with Crippen LogP contribution in [0.15, 0.2) is 41.8 Å². The second-order valence-corrected chi connectivity index (χ2v) is 6.06. The van der Waals surface area contributed by atoms with Crippen molar-refractivity contribution in [3.63, 3.8) is 0 Å². The van der Waals surface area contributed by atoms with Gasteiger partial charge in [-0.1, -0.05) is 23.9 Å². The molecule has 0 unspecified atom stereocenters. The van der Waals surface area contributed by atoms with Crippen molar-refractivity contribution >= 4 is 28.7 Å². The lowest BCUT2D eigenvalue weighted by molar-refractivity contribution is -0.118. The van der Waals surface area contributed by atoms with Gasteiger partial charge < -0.3 is 10.1 Å². The monoisotopic (exact) mass is 343 g/mol. The number of aromatic nitrogens is 4. The Kier molecular flexibility index (Phi) is 4.95. The first-order chi connectivity index (χ1) is 11.7. The molecule has 1 N–H and O–H groups in total. The lowest BCUT2D eigenvalue weighted by atomic mass is 10.2. The van der Waals surface area contributed by atoms with Gasteiger partial charge >= 0.3 is 0 Å². The molecule has 0 fully saturated rings. The van der Waals surface area contributed by atoms with Crippen LogP contribution < -0.4 is 10.1 Å². The van der Waals surface area contributed by atoms with Gasteiger partial charge in [0.2, 0.25) is 5.91 Å². The van der Waals surface area contributed by atoms with E-state index in [0.29, 0.717) is 6.54 Å². The second kappa shape index (κ2) is 7.31. The SMILES string of the molecule is COc1ccc(CNC(=O)CSc2ncnc3c2cnn3C)cc1. The van der Waals surface area contributed by atoms with E-state index in [0.717, 1.165) is 27.4 Å². The Labute approximate surface area is 143 Å². The molecule has 0 spiro atoms. The van der Waals surface area contributed by atoms with E-state index in [1.165, 1.54) is 18.1 Å². The molecular weight excluding hydrogens is 326 g/mol. The molecule has 2 heterocycles. The average molecular weight is 343 g/mol. The van der Waals surface area contributed by atoms with Gasteiger partial charge in [0.1, 0.15) is 17.1 Å². The van der Waals surface area contributed by atoms with E-state index < -0.39 is 0 Å². The highest BCUT2D eigenvalue weighted by Gasteiger charge is 2.10. The Balaban J connectivity index is 1.55. The molecule has 0 aliphatic carbocycles. The molecule has 124 valence electrons. The van der Waals surface area contributed by atoms with Crippen LogP contribution in [0.3, 0.4) is 0 Å². The highest BCUT2D eigenvalue weighted by Crippen LogP contribution is 2.23. The fourth-order valence-electron chi connectivity index (χ4n) is 2.18. The van der Waals surface area contributed by atoms with Crippen molar-refractivity contribution in [2.45, 2.75) is 11.6 Å². The van der Waals surface area contributed by atoms with Gasteiger partial charge in [-0.15, -0.1) is 0 Å². The summed E-state index contributed by atoms with van der Waals surface area (Å²) in [7, 11) is 3.45. The number of nitrogens with zero attached hydrogens (tertiary/aromatic N) is 4. The van der Waals surface area contributed by atoms with Crippen LogP contribution in [0.25, 0.3) is 11.0 Å². The van der Waals surface area contributed by atoms with Crippen molar-refractivity contribution in [1.29, 1.82) is 0 Å². The quantitative estimate of drug-likeness (QED) is 0.543. The summed E-state index contributed by atoms with van der Waals surface area (Å²) < 4.78 is 6.79. The highest BCUT2D eigenvalue weighted by atomic mass is 32.2. The number of ether oxygens (including phenoxy) is 1. The smallest absolute Gasteiger partial charge is 0.230 e. The molecule has 0 saturated heterocycles. The zero-order valence-corrected chi connectivity index (χ0v) is 14.2. The van der Waals surface area contributed by atoms with Crippen LogP contribution in [-0.4, -0.2) is 38.5 Å². The summed E-state index contributed by atoms with van der Waals surface area (Å²) in [6, 6.07) is 7.60. The summed E-state index contributed by atoms with van der Waals surface area (Å²) in [5.41, 5.74) is 1.77. The van der Waals surface area contributed by atoms with E-state index in [1.807, 2.05) is 31.3 Å². The Morgan fingerprint density at radius 2 is 2.08 bits per heavy atom. The summed E-state index contributed by atoms with van der Waals surface area (Å²) in [4.78, 5) is 20.5. The number of carbonyl (C=O) groups excluding carboxylic acids is 1. The normalized spacial score (nSPS) is 10.8. The predicted octanol–water partition coefficient (Wildman–Crippen LogP) is 1.78. The standard InChI is InChI=1S/C16H17N5O2S/c1-21-15-13(8-20-21)16(19-10-18-15)24-9-14(22)17-7-11-3-5-12(23-2)6-4-11/h3-6,8,10H,7,9H2,1-2H3,(H,17,22). The Hall–Kier alpha value is -2.61. The molecule has 0 aliphatic heterocycles. The van der Waals surface area contributed by atoms with Gasteiger partial charge in [-0.05, 0) is 17.7 Å². The van der Waals surface area contributed by atoms with Gasteiger partial charge in [0.15, 0.2) is 5.65 Å². The van der Waals surface area contributed by atoms with Crippen LogP contribution in [0.1, 0.15) is 5.56 Å². The molecule has 0 aliphatic rings. The molecule has 0 atom stereocenters. The summed E-state index contributed by atoms with van der Waals surface area (Å²) in [6.07, 6.45) is 3.20. The third-order valence-corrected chi connectivity index (χ3v) is 4.49. The van der Waals surface area contributed by atoms with Gasteiger partial charge in [-0.25, -0.2) is 9.97 Å². The van der Waals surface area contributed by atoms with Gasteiger partial charge in [-0.2, -0.15) is 5.10 Å². The number of rotatable bonds is 6. The van der Waals surface area contributed by atoms with Crippen molar-refractivity contribution in [1.82, 2.24) is 25.1 Å². The number of thioether (sulfide) groups is 1. The number of aryl methyl sites for hydroxylation is 1. The zero-order chi connectivity index (χ0) is 16.9. The molecule has 0 radical (unpaired) electrons. The number of carbonyl (C=O) groups is 1. The molecule has 24 heavy (non-hydrogen) atoms. The first-order valence-corrected chi connectivity index (χ1v) is 8.31. The van der Waals surface area contributed by atoms with E-state index in [1.54, 1.807) is 18.0 Å². The minimum absolute atomic E-state index is 0.0496. The Morgan fingerprint density at radius 1 is 1.29 bits per heavy atom. The number of benzene rings is 1. The summed E-state index contributed by atoms with van der Waals surface area (Å²) >= 11 is 1.38. The molecule has 0 saturated carbocycles. The van der Waals surface area contributed by atoms with Crippen LogP contribution in [0.2, 0.25) is 0 Å². The van der Waals surface area contributed by atoms with Gasteiger partial charge in [0, 0.05) is 13.6 Å². The first kappa shape index (κ1) is 16.3. The molecule has 3 rings (SSSR count). The third-order valence-electron chi connectivity index (χ3n) is 3.48. The number of hydrogen-bond acceptors (Lipinski definition) is 6. The Morgan fingerprint density at radius 3 is 2.83 bits per heavy atom. The van der Waals surface area contributed by atoms with Crippen molar-refractivity contribution in [2.75, 3.05) is 12.9 Å². The Bertz CT molecular complexity index is 847. The number of nitrogens with one attached hydrogen (secondary N) is 1. The summed E-state index contributed by atoms with van der Waals surface area (Å²) in [6.45, 7) is 0.482. The molecular formula is C16H17N5O2S. The summed E-state index contributed by atoms with van der Waals surface area (Å²) in [5, 5.41) is 8.67. The van der Waals surface area contributed by atoms with E-state index >= 15 is 0 Å². The maximum absolute atomic E-state index is 12.0. The van der Waals surface area contributed by atoms with Crippen molar-refractivity contribution in [3.05, 3.63) is 42.4 Å². The van der Waals surface area contributed by atoms with E-state index in [-0.39, 0.29) is 11.7 Å². The molecule has 1 amide bonds. The third kappa shape index (κ3) is 3.65. The molecule has 0 bridgehead atoms. The topological polar surface area (TPSA) is 81.9 Å². The van der Waals surface area contributed by atoms with Crippen LogP contribution in [0.5, 0.6) is 5.75 Å². The second-order valence-electron chi connectivity index (χ2n) is 5.10. The van der Waals surface area contributed by atoms with Crippen molar-refractivity contribution in [3.8, 4) is 5.75 Å². The van der Waals surface area contributed by atoms with Crippen LogP contribution in [0.4, 0.5) is 0 Å². The van der Waals surface area contributed by atoms with Gasteiger partial charge in [-0.3, -0.25) is 9.48 Å². The fraction of sp³-hybridized carbons (Fsp3) is 0.250. The molecule has 7 nitrogen and oxygen atoms in total. The van der Waals surface area contributed by atoms with Gasteiger partial charge in [0.05, 0.1) is 24.4 Å². The predicted molar refractivity (Wildman–Crippen MR) is 91.9 cm³/mol. The van der Waals surface area contributed by atoms with Crippen molar-refractivity contribution in [2.24, 2.45) is 7.05 Å². The number of amides is 1. The summed E-state index contributed by atoms with van der Waals surface area (Å²) in [5.74, 6) is 1.04. The van der Waals surface area contributed by atoms with Crippen LogP contribution in [-0.2, 0) is 18.4 Å². The van der Waals surface area contributed by atoms with Crippen molar-refractivity contribution < 1.29 is 9.53 Å². The zero-order valence-electron chi connectivity index (χ0n) is 13.4. The minimum Gasteiger partial charge on any atom is -0.497 e. The maximum Gasteiger partial charge on any atom is 0.230 e. The highest BCUT2D eigenvalue weighted by molar-refractivity contribution is 8.00. The van der Waals surface area contributed by atoms with E-state index in [4.69, 9.17) is 4.74 Å². The molecule has 3 aromatic rings. The fourth-order valence-corrected chi connectivity index (χ4v) is 2.98. The largest absolute Gasteiger partial charge is 0.497 e. The molecule has 1 aromatic carbocycles. The molecule has 2 aromatic heterocycles. The number of hydrogen-bond donors (Lipinski definition) is 1. The lowest BCUT2D eigenvalue weighted by Gasteiger charge is -2.06. The van der Waals surface area contributed by atoms with E-state index in [2.05, 4.69) is 20.4 Å². The van der Waals surface area contributed by atoms with Crippen LogP contribution >= 0.6 is 11.8 Å². The first-order valence-electron chi connectivity index (χ1n) is 7.32. The minimum atomic E-state index is -0.0496. The average Bonchev–Trinajstić information content (AvgIpc) is 3.00.